The normalized spacial score (nSPS) is 10.7. The summed E-state index contributed by atoms with van der Waals surface area (Å²) in [7, 11) is 0. The lowest BCUT2D eigenvalue weighted by molar-refractivity contribution is 1.07. The van der Waals surface area contributed by atoms with E-state index in [1.54, 1.807) is 0 Å². The molecule has 66 valence electrons. The lowest BCUT2D eigenvalue weighted by atomic mass is 10.2. The van der Waals surface area contributed by atoms with Crippen LogP contribution < -0.4 is 0 Å². The van der Waals surface area contributed by atoms with E-state index in [9.17, 15) is 0 Å². The van der Waals surface area contributed by atoms with Gasteiger partial charge in [0.15, 0.2) is 0 Å². The van der Waals surface area contributed by atoms with Gasteiger partial charge in [-0.25, -0.2) is 9.97 Å². The van der Waals surface area contributed by atoms with E-state index in [2.05, 4.69) is 25.9 Å². The summed E-state index contributed by atoms with van der Waals surface area (Å²) in [6, 6.07) is 5.64. The van der Waals surface area contributed by atoms with Gasteiger partial charge in [0.2, 0.25) is 0 Å². The van der Waals surface area contributed by atoms with Crippen LogP contribution in [0.25, 0.3) is 10.9 Å². The third-order valence-corrected chi connectivity index (χ3v) is 2.65. The summed E-state index contributed by atoms with van der Waals surface area (Å²) < 4.78 is 0.789. The van der Waals surface area contributed by atoms with Gasteiger partial charge in [0, 0.05) is 5.39 Å². The molecule has 0 atom stereocenters. The Morgan fingerprint density at radius 1 is 1.31 bits per heavy atom. The Balaban J connectivity index is 2.94. The van der Waals surface area contributed by atoms with Crippen LogP contribution >= 0.6 is 27.5 Å². The Morgan fingerprint density at radius 3 is 2.85 bits per heavy atom. The second-order valence-corrected chi connectivity index (χ2v) is 3.86. The van der Waals surface area contributed by atoms with Crippen LogP contribution in [0.5, 0.6) is 0 Å². The van der Waals surface area contributed by atoms with Crippen LogP contribution in [0.15, 0.2) is 22.8 Å². The Morgan fingerprint density at radius 2 is 2.08 bits per heavy atom. The lowest BCUT2D eigenvalue weighted by Crippen LogP contribution is -1.90. The molecule has 1 aromatic heterocycles. The van der Waals surface area contributed by atoms with Crippen LogP contribution in [0.2, 0.25) is 5.02 Å². The molecule has 0 fully saturated rings. The highest BCUT2D eigenvalue weighted by atomic mass is 79.9. The average Bonchev–Trinajstić information content (AvgIpc) is 2.07. The molecule has 0 saturated carbocycles. The number of aromatic nitrogens is 2. The zero-order valence-electron chi connectivity index (χ0n) is 6.88. The van der Waals surface area contributed by atoms with Crippen molar-refractivity contribution in [2.45, 2.75) is 6.92 Å². The summed E-state index contributed by atoms with van der Waals surface area (Å²) in [4.78, 5) is 8.45. The molecule has 0 N–H and O–H groups in total. The third kappa shape index (κ3) is 1.54. The summed E-state index contributed by atoms with van der Waals surface area (Å²) in [6.45, 7) is 1.84. The van der Waals surface area contributed by atoms with Gasteiger partial charge in [0.1, 0.15) is 10.4 Å². The van der Waals surface area contributed by atoms with Crippen molar-refractivity contribution < 1.29 is 0 Å². The van der Waals surface area contributed by atoms with Crippen molar-refractivity contribution in [1.29, 1.82) is 0 Å². The molecule has 1 heterocycles. The topological polar surface area (TPSA) is 25.8 Å². The number of fused-ring (bicyclic) bond motifs is 1. The van der Waals surface area contributed by atoms with E-state index in [-0.39, 0.29) is 0 Å². The number of halogens is 2. The maximum absolute atomic E-state index is 5.99. The standard InChI is InChI=1S/C9H6BrClN2/c1-5-12-8-6(9(10)13-5)3-2-4-7(8)11/h2-4H,1H3. The summed E-state index contributed by atoms with van der Waals surface area (Å²) in [5, 5.41) is 1.60. The highest BCUT2D eigenvalue weighted by Crippen LogP contribution is 2.26. The Bertz CT molecular complexity index is 470. The third-order valence-electron chi connectivity index (χ3n) is 1.74. The van der Waals surface area contributed by atoms with Crippen molar-refractivity contribution in [1.82, 2.24) is 9.97 Å². The Labute approximate surface area is 89.1 Å². The van der Waals surface area contributed by atoms with Crippen LogP contribution in [0.3, 0.4) is 0 Å². The molecule has 0 aliphatic heterocycles. The van der Waals surface area contributed by atoms with Gasteiger partial charge >= 0.3 is 0 Å². The fourth-order valence-electron chi connectivity index (χ4n) is 1.18. The van der Waals surface area contributed by atoms with Gasteiger partial charge in [0.05, 0.1) is 10.5 Å². The van der Waals surface area contributed by atoms with E-state index >= 15 is 0 Å². The minimum absolute atomic E-state index is 0.656. The molecular formula is C9H6BrClN2. The molecule has 0 unspecified atom stereocenters. The predicted molar refractivity (Wildman–Crippen MR) is 57.0 cm³/mol. The summed E-state index contributed by atoms with van der Waals surface area (Å²) >= 11 is 9.36. The summed E-state index contributed by atoms with van der Waals surface area (Å²) in [6.07, 6.45) is 0. The molecule has 0 radical (unpaired) electrons. The molecule has 4 heteroatoms. The van der Waals surface area contributed by atoms with Crippen LogP contribution in [-0.2, 0) is 0 Å². The van der Waals surface area contributed by atoms with Crippen molar-refractivity contribution in [3.05, 3.63) is 33.6 Å². The highest BCUT2D eigenvalue weighted by molar-refractivity contribution is 9.10. The molecule has 1 aromatic carbocycles. The van der Waals surface area contributed by atoms with Crippen LogP contribution in [0.1, 0.15) is 5.82 Å². The predicted octanol–water partition coefficient (Wildman–Crippen LogP) is 3.35. The summed E-state index contributed by atoms with van der Waals surface area (Å²) in [5.41, 5.74) is 0.795. The maximum Gasteiger partial charge on any atom is 0.127 e. The van der Waals surface area contributed by atoms with Crippen molar-refractivity contribution in [2.24, 2.45) is 0 Å². The SMILES string of the molecule is Cc1nc(Br)c2cccc(Cl)c2n1. The van der Waals surface area contributed by atoms with Crippen molar-refractivity contribution in [2.75, 3.05) is 0 Å². The van der Waals surface area contributed by atoms with E-state index in [4.69, 9.17) is 11.6 Å². The second kappa shape index (κ2) is 3.24. The molecule has 0 saturated heterocycles. The van der Waals surface area contributed by atoms with Gasteiger partial charge in [-0.2, -0.15) is 0 Å². The zero-order chi connectivity index (χ0) is 9.42. The van der Waals surface area contributed by atoms with Crippen LogP contribution in [-0.4, -0.2) is 9.97 Å². The number of nitrogens with zero attached hydrogens (tertiary/aromatic N) is 2. The fourth-order valence-corrected chi connectivity index (χ4v) is 1.98. The zero-order valence-corrected chi connectivity index (χ0v) is 9.22. The number of rotatable bonds is 0. The maximum atomic E-state index is 5.99. The Hall–Kier alpha value is -0.670. The van der Waals surface area contributed by atoms with E-state index in [0.717, 1.165) is 15.5 Å². The highest BCUT2D eigenvalue weighted by Gasteiger charge is 2.05. The van der Waals surface area contributed by atoms with Crippen molar-refractivity contribution in [3.63, 3.8) is 0 Å². The smallest absolute Gasteiger partial charge is 0.127 e. The van der Waals surface area contributed by atoms with E-state index < -0.39 is 0 Å². The molecule has 0 spiro atoms. The quantitative estimate of drug-likeness (QED) is 0.676. The average molecular weight is 258 g/mol. The molecule has 2 rings (SSSR count). The van der Waals surface area contributed by atoms with Gasteiger partial charge < -0.3 is 0 Å². The molecule has 13 heavy (non-hydrogen) atoms. The monoisotopic (exact) mass is 256 g/mol. The largest absolute Gasteiger partial charge is 0.232 e. The van der Waals surface area contributed by atoms with Crippen molar-refractivity contribution >= 4 is 38.4 Å². The first kappa shape index (κ1) is 8.91. The number of hydrogen-bond acceptors (Lipinski definition) is 2. The van der Waals surface area contributed by atoms with E-state index in [0.29, 0.717) is 10.8 Å². The second-order valence-electron chi connectivity index (χ2n) is 2.70. The summed E-state index contributed by atoms with van der Waals surface area (Å²) in [5.74, 6) is 0.715. The molecule has 0 aliphatic rings. The molecule has 0 bridgehead atoms. The first-order chi connectivity index (χ1) is 6.18. The number of para-hydroxylation sites is 1. The number of hydrogen-bond donors (Lipinski definition) is 0. The molecule has 0 aliphatic carbocycles. The van der Waals surface area contributed by atoms with Crippen LogP contribution in [0, 0.1) is 6.92 Å². The van der Waals surface area contributed by atoms with Gasteiger partial charge in [-0.1, -0.05) is 17.7 Å². The van der Waals surface area contributed by atoms with Gasteiger partial charge in [-0.05, 0) is 35.0 Å². The van der Waals surface area contributed by atoms with Crippen molar-refractivity contribution in [3.8, 4) is 0 Å². The van der Waals surface area contributed by atoms with Gasteiger partial charge in [-0.3, -0.25) is 0 Å². The fraction of sp³-hybridized carbons (Fsp3) is 0.111. The first-order valence-electron chi connectivity index (χ1n) is 3.77. The molecular weight excluding hydrogens is 251 g/mol. The number of benzene rings is 1. The minimum Gasteiger partial charge on any atom is -0.232 e. The Kier molecular flexibility index (Phi) is 2.22. The number of aryl methyl sites for hydroxylation is 1. The first-order valence-corrected chi connectivity index (χ1v) is 4.94. The lowest BCUT2D eigenvalue weighted by Gasteiger charge is -2.02. The molecule has 2 aromatic rings. The molecule has 2 nitrogen and oxygen atoms in total. The van der Waals surface area contributed by atoms with Gasteiger partial charge in [0.25, 0.3) is 0 Å². The van der Waals surface area contributed by atoms with E-state index in [1.165, 1.54) is 0 Å². The van der Waals surface area contributed by atoms with Gasteiger partial charge in [-0.15, -0.1) is 0 Å². The van der Waals surface area contributed by atoms with E-state index in [1.807, 2.05) is 25.1 Å². The minimum atomic E-state index is 0.656. The van der Waals surface area contributed by atoms with Crippen LogP contribution in [0.4, 0.5) is 0 Å². The molecule has 0 amide bonds.